The van der Waals surface area contributed by atoms with Gasteiger partial charge in [0.25, 0.3) is 0 Å². The quantitative estimate of drug-likeness (QED) is 0.583. The fourth-order valence-electron chi connectivity index (χ4n) is 2.80. The lowest BCUT2D eigenvalue weighted by Gasteiger charge is -2.09. The van der Waals surface area contributed by atoms with Crippen molar-refractivity contribution in [3.63, 3.8) is 0 Å². The van der Waals surface area contributed by atoms with E-state index in [4.69, 9.17) is 11.5 Å². The van der Waals surface area contributed by atoms with Gasteiger partial charge < -0.3 is 16.6 Å². The lowest BCUT2D eigenvalue weighted by atomic mass is 9.96. The first-order valence-electron chi connectivity index (χ1n) is 7.09. The van der Waals surface area contributed by atoms with E-state index in [-0.39, 0.29) is 29.7 Å². The van der Waals surface area contributed by atoms with Crippen molar-refractivity contribution >= 4 is 35.8 Å². The molecule has 0 heterocycles. The van der Waals surface area contributed by atoms with E-state index < -0.39 is 5.97 Å². The largest absolute Gasteiger partial charge is 0.478 e. The van der Waals surface area contributed by atoms with Gasteiger partial charge in [-0.3, -0.25) is 4.79 Å². The van der Waals surface area contributed by atoms with E-state index in [0.29, 0.717) is 29.7 Å². The summed E-state index contributed by atoms with van der Waals surface area (Å²) in [6.45, 7) is 0. The number of guanidine groups is 1. The highest BCUT2D eigenvalue weighted by Crippen LogP contribution is 2.32. The summed E-state index contributed by atoms with van der Waals surface area (Å²) < 4.78 is 0. The van der Waals surface area contributed by atoms with Crippen LogP contribution in [0.15, 0.2) is 41.4 Å². The Morgan fingerprint density at radius 2 is 1.79 bits per heavy atom. The number of carboxylic acids is 1. The molecule has 0 spiro atoms. The van der Waals surface area contributed by atoms with E-state index in [2.05, 4.69) is 4.99 Å². The molecule has 2 aromatic rings. The number of carbonyl (C=O) groups is 2. The minimum Gasteiger partial charge on any atom is -0.478 e. The minimum atomic E-state index is -1.03. The van der Waals surface area contributed by atoms with Gasteiger partial charge in [-0.05, 0) is 41.3 Å². The third kappa shape index (κ3) is 3.23. The Kier molecular flexibility index (Phi) is 4.90. The highest BCUT2D eigenvalue weighted by Gasteiger charge is 2.21. The number of Topliss-reactive ketones (excluding diaryl/α,β-unsaturated/α-hetero) is 1. The third-order valence-corrected chi connectivity index (χ3v) is 3.83. The zero-order chi connectivity index (χ0) is 16.6. The summed E-state index contributed by atoms with van der Waals surface area (Å²) in [7, 11) is 0. The Labute approximate surface area is 144 Å². The monoisotopic (exact) mass is 345 g/mol. The van der Waals surface area contributed by atoms with Crippen LogP contribution in [0.4, 0.5) is 5.69 Å². The number of carboxylic acid groups (broad SMARTS) is 1. The Hall–Kier alpha value is -2.86. The smallest absolute Gasteiger partial charge is 0.336 e. The molecule has 0 unspecified atom stereocenters. The second-order valence-electron chi connectivity index (χ2n) is 5.37. The van der Waals surface area contributed by atoms with Gasteiger partial charge in [0.1, 0.15) is 0 Å². The molecule has 0 saturated carbocycles. The topological polar surface area (TPSA) is 119 Å². The van der Waals surface area contributed by atoms with Crippen molar-refractivity contribution in [1.82, 2.24) is 0 Å². The summed E-state index contributed by atoms with van der Waals surface area (Å²) in [5, 5.41) is 9.40. The molecule has 1 aliphatic rings. The summed E-state index contributed by atoms with van der Waals surface area (Å²) in [6, 6.07) is 10.0. The Morgan fingerprint density at radius 3 is 2.46 bits per heavy atom. The highest BCUT2D eigenvalue weighted by molar-refractivity contribution is 6.02. The average molecular weight is 346 g/mol. The molecule has 124 valence electrons. The molecule has 0 radical (unpaired) electrons. The van der Waals surface area contributed by atoms with E-state index in [1.165, 1.54) is 6.07 Å². The predicted molar refractivity (Wildman–Crippen MR) is 94.2 cm³/mol. The van der Waals surface area contributed by atoms with Crippen LogP contribution in [-0.2, 0) is 6.42 Å². The number of halogens is 1. The van der Waals surface area contributed by atoms with Gasteiger partial charge in [-0.25, -0.2) is 9.79 Å². The summed E-state index contributed by atoms with van der Waals surface area (Å²) in [4.78, 5) is 27.2. The molecule has 0 amide bonds. The van der Waals surface area contributed by atoms with Crippen LogP contribution in [-0.4, -0.2) is 22.8 Å². The van der Waals surface area contributed by atoms with Crippen molar-refractivity contribution in [3.8, 4) is 11.1 Å². The molecule has 24 heavy (non-hydrogen) atoms. The number of nitrogens with two attached hydrogens (primary N) is 2. The van der Waals surface area contributed by atoms with E-state index in [1.54, 1.807) is 24.3 Å². The van der Waals surface area contributed by atoms with E-state index >= 15 is 0 Å². The molecule has 0 aliphatic heterocycles. The van der Waals surface area contributed by atoms with Gasteiger partial charge >= 0.3 is 5.97 Å². The number of nitrogens with zero attached hydrogens (tertiary/aromatic N) is 1. The lowest BCUT2D eigenvalue weighted by Crippen LogP contribution is -2.21. The number of rotatable bonds is 3. The molecule has 2 aromatic carbocycles. The summed E-state index contributed by atoms with van der Waals surface area (Å²) >= 11 is 0. The molecule has 7 heteroatoms. The predicted octanol–water partition coefficient (Wildman–Crippen LogP) is 2.51. The fourth-order valence-corrected chi connectivity index (χ4v) is 2.80. The van der Waals surface area contributed by atoms with Gasteiger partial charge in [-0.1, -0.05) is 18.2 Å². The summed E-state index contributed by atoms with van der Waals surface area (Å²) in [6.07, 6.45) is 1.18. The van der Waals surface area contributed by atoms with Gasteiger partial charge in [0.2, 0.25) is 0 Å². The number of ketones is 1. The maximum Gasteiger partial charge on any atom is 0.336 e. The van der Waals surface area contributed by atoms with Gasteiger partial charge in [0.05, 0.1) is 11.3 Å². The number of benzene rings is 2. The van der Waals surface area contributed by atoms with Crippen molar-refractivity contribution < 1.29 is 14.7 Å². The normalized spacial score (nSPS) is 12.2. The molecule has 5 N–H and O–H groups in total. The second-order valence-corrected chi connectivity index (χ2v) is 5.37. The summed E-state index contributed by atoms with van der Waals surface area (Å²) in [5.41, 5.74) is 14.3. The van der Waals surface area contributed by atoms with Gasteiger partial charge in [-0.15, -0.1) is 12.4 Å². The number of carbonyl (C=O) groups excluding carboxylic acids is 1. The maximum atomic E-state index is 11.7. The zero-order valence-corrected chi connectivity index (χ0v) is 13.5. The molecule has 1 aliphatic carbocycles. The standard InChI is InChI=1S/C17H15N3O3.ClH/c18-17(19)20-11-3-5-13(16(22)23)14(8-11)10-1-4-12-9(7-10)2-6-15(12)21;/h1,3-5,7-8H,2,6H2,(H,22,23)(H4,18,19,20);1H. The molecular weight excluding hydrogens is 330 g/mol. The van der Waals surface area contributed by atoms with Crippen molar-refractivity contribution in [1.29, 1.82) is 0 Å². The number of aliphatic imine (C=N–C) groups is 1. The highest BCUT2D eigenvalue weighted by atomic mass is 35.5. The lowest BCUT2D eigenvalue weighted by molar-refractivity contribution is 0.0697. The SMILES string of the molecule is Cl.NC(N)=Nc1ccc(C(=O)O)c(-c2ccc3c(c2)CCC3=O)c1. The van der Waals surface area contributed by atoms with Crippen molar-refractivity contribution in [2.45, 2.75) is 12.8 Å². The van der Waals surface area contributed by atoms with Crippen molar-refractivity contribution in [3.05, 3.63) is 53.1 Å². The van der Waals surface area contributed by atoms with E-state index in [1.807, 2.05) is 6.07 Å². The van der Waals surface area contributed by atoms with Crippen LogP contribution in [0, 0.1) is 0 Å². The van der Waals surface area contributed by atoms with Gasteiger partial charge in [0, 0.05) is 12.0 Å². The zero-order valence-electron chi connectivity index (χ0n) is 12.7. The molecule has 0 fully saturated rings. The average Bonchev–Trinajstić information content (AvgIpc) is 2.87. The van der Waals surface area contributed by atoms with Crippen LogP contribution in [0.5, 0.6) is 0 Å². The second kappa shape index (κ2) is 6.72. The molecule has 0 atom stereocenters. The molecule has 3 rings (SSSR count). The fraction of sp³-hybridized carbons (Fsp3) is 0.118. The minimum absolute atomic E-state index is 0. The first-order valence-corrected chi connectivity index (χ1v) is 7.09. The van der Waals surface area contributed by atoms with E-state index in [0.717, 1.165) is 11.1 Å². The van der Waals surface area contributed by atoms with Crippen molar-refractivity contribution in [2.24, 2.45) is 16.5 Å². The molecule has 0 saturated heterocycles. The van der Waals surface area contributed by atoms with Crippen LogP contribution >= 0.6 is 12.4 Å². The van der Waals surface area contributed by atoms with Crippen LogP contribution in [0.2, 0.25) is 0 Å². The first kappa shape index (κ1) is 17.5. The molecule has 0 aromatic heterocycles. The molecular formula is C17H16ClN3O3. The molecule has 6 nitrogen and oxygen atoms in total. The number of hydrogen-bond acceptors (Lipinski definition) is 3. The van der Waals surface area contributed by atoms with Gasteiger partial charge in [0.15, 0.2) is 11.7 Å². The summed E-state index contributed by atoms with van der Waals surface area (Å²) in [5.74, 6) is -1.01. The number of hydrogen-bond donors (Lipinski definition) is 3. The maximum absolute atomic E-state index is 11.7. The van der Waals surface area contributed by atoms with Crippen molar-refractivity contribution in [2.75, 3.05) is 0 Å². The Morgan fingerprint density at radius 1 is 1.04 bits per heavy atom. The van der Waals surface area contributed by atoms with Gasteiger partial charge in [-0.2, -0.15) is 0 Å². The first-order chi connectivity index (χ1) is 11.0. The Bertz CT molecular complexity index is 858. The molecule has 0 bridgehead atoms. The number of fused-ring (bicyclic) bond motifs is 1. The Balaban J connectivity index is 0.00000208. The number of aryl methyl sites for hydroxylation is 1. The van der Waals surface area contributed by atoms with Crippen LogP contribution in [0.1, 0.15) is 32.7 Å². The van der Waals surface area contributed by atoms with Crippen LogP contribution < -0.4 is 11.5 Å². The van der Waals surface area contributed by atoms with Crippen LogP contribution in [0.25, 0.3) is 11.1 Å². The number of aromatic carboxylic acids is 1. The third-order valence-electron chi connectivity index (χ3n) is 3.83. The van der Waals surface area contributed by atoms with Crippen LogP contribution in [0.3, 0.4) is 0 Å². The van der Waals surface area contributed by atoms with E-state index in [9.17, 15) is 14.7 Å².